The Morgan fingerprint density at radius 2 is 1.35 bits per heavy atom. The lowest BCUT2D eigenvalue weighted by atomic mass is 9.71. The van der Waals surface area contributed by atoms with E-state index in [9.17, 15) is 5.11 Å². The molecule has 0 aliphatic rings. The number of rotatable bonds is 10. The molecule has 0 unspecified atom stereocenters. The summed E-state index contributed by atoms with van der Waals surface area (Å²) in [5.41, 5.74) is 0.109. The molecule has 2 nitrogen and oxygen atoms in total. The molecule has 104 valence electrons. The molecular formula is C15H32O2. The van der Waals surface area contributed by atoms with Crippen LogP contribution in [0.4, 0.5) is 0 Å². The minimum atomic E-state index is 0.109. The molecule has 0 bridgehead atoms. The summed E-state index contributed by atoms with van der Waals surface area (Å²) in [6.45, 7) is 9.54. The maximum absolute atomic E-state index is 9.78. The second kappa shape index (κ2) is 8.93. The van der Waals surface area contributed by atoms with Crippen molar-refractivity contribution in [3.8, 4) is 0 Å². The molecule has 0 atom stereocenters. The molecule has 0 amide bonds. The van der Waals surface area contributed by atoms with E-state index in [-0.39, 0.29) is 5.41 Å². The lowest BCUT2D eigenvalue weighted by Gasteiger charge is -2.35. The molecule has 0 spiro atoms. The monoisotopic (exact) mass is 244 g/mol. The fraction of sp³-hybridized carbons (Fsp3) is 1.00. The summed E-state index contributed by atoms with van der Waals surface area (Å²) >= 11 is 0. The fourth-order valence-corrected chi connectivity index (χ4v) is 3.02. The van der Waals surface area contributed by atoms with Crippen LogP contribution in [0, 0.1) is 17.3 Å². The van der Waals surface area contributed by atoms with Gasteiger partial charge in [-0.15, -0.1) is 0 Å². The largest absolute Gasteiger partial charge is 0.396 e. The maximum Gasteiger partial charge on any atom is 0.0487 e. The van der Waals surface area contributed by atoms with Gasteiger partial charge in [0.15, 0.2) is 0 Å². The van der Waals surface area contributed by atoms with E-state index < -0.39 is 0 Å². The van der Waals surface area contributed by atoms with Gasteiger partial charge >= 0.3 is 0 Å². The van der Waals surface area contributed by atoms with Crippen molar-refractivity contribution in [3.05, 3.63) is 0 Å². The van der Waals surface area contributed by atoms with Crippen LogP contribution in [0.2, 0.25) is 0 Å². The van der Waals surface area contributed by atoms with E-state index >= 15 is 0 Å². The number of hydrogen-bond acceptors (Lipinski definition) is 2. The lowest BCUT2D eigenvalue weighted by Crippen LogP contribution is -2.29. The van der Waals surface area contributed by atoms with Gasteiger partial charge in [0.25, 0.3) is 0 Å². The molecule has 0 aromatic heterocycles. The summed E-state index contributed by atoms with van der Waals surface area (Å²) in [6, 6.07) is 0. The van der Waals surface area contributed by atoms with Crippen LogP contribution in [0.5, 0.6) is 0 Å². The van der Waals surface area contributed by atoms with Crippen molar-refractivity contribution in [2.45, 2.75) is 66.2 Å². The molecule has 0 aromatic rings. The quantitative estimate of drug-likeness (QED) is 0.576. The van der Waals surface area contributed by atoms with Gasteiger partial charge in [0.05, 0.1) is 0 Å². The Balaban J connectivity index is 4.33. The summed E-state index contributed by atoms with van der Waals surface area (Å²) in [4.78, 5) is 0. The average molecular weight is 244 g/mol. The molecule has 0 fully saturated rings. The number of unbranched alkanes of at least 4 members (excludes halogenated alkanes) is 2. The SMILES string of the molecule is CC(C)CC(CO)(CCCCCO)CC(C)C. The highest BCUT2D eigenvalue weighted by Gasteiger charge is 2.30. The maximum atomic E-state index is 9.78. The Kier molecular flexibility index (Phi) is 8.89. The molecule has 0 saturated heterocycles. The van der Waals surface area contributed by atoms with E-state index in [1.807, 2.05) is 0 Å². The van der Waals surface area contributed by atoms with Crippen LogP contribution in [-0.4, -0.2) is 23.4 Å². The lowest BCUT2D eigenvalue weighted by molar-refractivity contribution is 0.0657. The Hall–Kier alpha value is -0.0800. The summed E-state index contributed by atoms with van der Waals surface area (Å²) in [7, 11) is 0. The average Bonchev–Trinajstić information content (AvgIpc) is 2.22. The Labute approximate surface area is 107 Å². The van der Waals surface area contributed by atoms with Crippen molar-refractivity contribution in [2.75, 3.05) is 13.2 Å². The Morgan fingerprint density at radius 1 is 0.824 bits per heavy atom. The van der Waals surface area contributed by atoms with Crippen molar-refractivity contribution in [1.82, 2.24) is 0 Å². The van der Waals surface area contributed by atoms with Gasteiger partial charge in [-0.3, -0.25) is 0 Å². The highest BCUT2D eigenvalue weighted by Crippen LogP contribution is 2.38. The highest BCUT2D eigenvalue weighted by atomic mass is 16.3. The van der Waals surface area contributed by atoms with Gasteiger partial charge in [-0.05, 0) is 42.9 Å². The number of aliphatic hydroxyl groups excluding tert-OH is 2. The van der Waals surface area contributed by atoms with Crippen LogP contribution < -0.4 is 0 Å². The van der Waals surface area contributed by atoms with Gasteiger partial charge in [-0.1, -0.05) is 40.5 Å². The van der Waals surface area contributed by atoms with E-state index in [1.54, 1.807) is 0 Å². The van der Waals surface area contributed by atoms with Crippen molar-refractivity contribution >= 4 is 0 Å². The van der Waals surface area contributed by atoms with Crippen LogP contribution in [0.15, 0.2) is 0 Å². The fourth-order valence-electron chi connectivity index (χ4n) is 3.02. The third-order valence-electron chi connectivity index (χ3n) is 3.38. The standard InChI is InChI=1S/C15H32O2/c1-13(2)10-15(12-17,11-14(3)4)8-6-5-7-9-16/h13-14,16-17H,5-12H2,1-4H3. The summed E-state index contributed by atoms with van der Waals surface area (Å²) in [5, 5.41) is 18.6. The predicted octanol–water partition coefficient (Wildman–Crippen LogP) is 3.61. The third-order valence-corrected chi connectivity index (χ3v) is 3.38. The molecule has 2 heteroatoms. The van der Waals surface area contributed by atoms with E-state index in [1.165, 1.54) is 0 Å². The molecule has 0 rings (SSSR count). The van der Waals surface area contributed by atoms with Crippen LogP contribution in [0.25, 0.3) is 0 Å². The topological polar surface area (TPSA) is 40.5 Å². The number of hydrogen-bond donors (Lipinski definition) is 2. The zero-order valence-electron chi connectivity index (χ0n) is 12.2. The molecular weight excluding hydrogens is 212 g/mol. The molecule has 0 aliphatic carbocycles. The van der Waals surface area contributed by atoms with Gasteiger partial charge < -0.3 is 10.2 Å². The van der Waals surface area contributed by atoms with Gasteiger partial charge in [0, 0.05) is 13.2 Å². The first-order valence-corrected chi connectivity index (χ1v) is 7.17. The first kappa shape index (κ1) is 16.9. The van der Waals surface area contributed by atoms with Crippen LogP contribution in [0.1, 0.15) is 66.2 Å². The van der Waals surface area contributed by atoms with Crippen LogP contribution in [0.3, 0.4) is 0 Å². The highest BCUT2D eigenvalue weighted by molar-refractivity contribution is 4.81. The zero-order valence-corrected chi connectivity index (χ0v) is 12.2. The minimum absolute atomic E-state index is 0.109. The van der Waals surface area contributed by atoms with Crippen molar-refractivity contribution in [3.63, 3.8) is 0 Å². The second-order valence-electron chi connectivity index (χ2n) is 6.39. The predicted molar refractivity (Wildman–Crippen MR) is 74.0 cm³/mol. The van der Waals surface area contributed by atoms with E-state index in [2.05, 4.69) is 27.7 Å². The van der Waals surface area contributed by atoms with Gasteiger partial charge in [0.2, 0.25) is 0 Å². The van der Waals surface area contributed by atoms with Gasteiger partial charge in [-0.2, -0.15) is 0 Å². The van der Waals surface area contributed by atoms with Crippen LogP contribution in [-0.2, 0) is 0 Å². The Morgan fingerprint density at radius 3 is 1.71 bits per heavy atom. The van der Waals surface area contributed by atoms with Crippen molar-refractivity contribution in [1.29, 1.82) is 0 Å². The normalized spacial score (nSPS) is 12.7. The molecule has 2 N–H and O–H groups in total. The smallest absolute Gasteiger partial charge is 0.0487 e. The molecule has 0 aliphatic heterocycles. The molecule has 0 heterocycles. The summed E-state index contributed by atoms with van der Waals surface area (Å²) in [6.07, 6.45) is 6.42. The summed E-state index contributed by atoms with van der Waals surface area (Å²) < 4.78 is 0. The first-order valence-electron chi connectivity index (χ1n) is 7.17. The van der Waals surface area contributed by atoms with Gasteiger partial charge in [-0.25, -0.2) is 0 Å². The van der Waals surface area contributed by atoms with Gasteiger partial charge in [0.1, 0.15) is 0 Å². The molecule has 0 radical (unpaired) electrons. The second-order valence-corrected chi connectivity index (χ2v) is 6.39. The third kappa shape index (κ3) is 7.77. The van der Waals surface area contributed by atoms with Crippen molar-refractivity contribution < 1.29 is 10.2 Å². The minimum Gasteiger partial charge on any atom is -0.396 e. The van der Waals surface area contributed by atoms with E-state index in [0.29, 0.717) is 25.0 Å². The first-order chi connectivity index (χ1) is 7.95. The van der Waals surface area contributed by atoms with Crippen LogP contribution >= 0.6 is 0 Å². The van der Waals surface area contributed by atoms with E-state index in [4.69, 9.17) is 5.11 Å². The Bertz CT molecular complexity index is 166. The summed E-state index contributed by atoms with van der Waals surface area (Å²) in [5.74, 6) is 1.28. The van der Waals surface area contributed by atoms with Crippen molar-refractivity contribution in [2.24, 2.45) is 17.3 Å². The number of aliphatic hydroxyl groups is 2. The zero-order chi connectivity index (χ0) is 13.3. The molecule has 0 aromatic carbocycles. The molecule has 0 saturated carbocycles. The van der Waals surface area contributed by atoms with E-state index in [0.717, 1.165) is 38.5 Å². The molecule has 17 heavy (non-hydrogen) atoms.